The first-order valence-corrected chi connectivity index (χ1v) is 7.30. The van der Waals surface area contributed by atoms with E-state index in [0.717, 1.165) is 19.5 Å². The van der Waals surface area contributed by atoms with Gasteiger partial charge >= 0.3 is 0 Å². The average Bonchev–Trinajstić information content (AvgIpc) is 2.33. The maximum absolute atomic E-state index is 9.41. The standard InChI is InChI=1S/C14H30N2O/c1-4-9-15-13(3)14-7-5-6-10-16(14)11-8-12(2)17/h12-15,17H,4-11H2,1-3H3. The molecular formula is C14H30N2O. The van der Waals surface area contributed by atoms with Crippen LogP contribution in [0.15, 0.2) is 0 Å². The zero-order chi connectivity index (χ0) is 12.7. The van der Waals surface area contributed by atoms with Crippen LogP contribution in [0.1, 0.15) is 52.9 Å². The zero-order valence-corrected chi connectivity index (χ0v) is 11.8. The smallest absolute Gasteiger partial charge is 0.0524 e. The normalized spacial score (nSPS) is 25.8. The molecule has 0 aromatic rings. The van der Waals surface area contributed by atoms with E-state index in [2.05, 4.69) is 24.1 Å². The highest BCUT2D eigenvalue weighted by molar-refractivity contribution is 4.85. The van der Waals surface area contributed by atoms with Crippen molar-refractivity contribution in [2.45, 2.75) is 71.1 Å². The number of nitrogens with zero attached hydrogens (tertiary/aromatic N) is 1. The minimum atomic E-state index is -0.170. The summed E-state index contributed by atoms with van der Waals surface area (Å²) in [6.45, 7) is 9.77. The van der Waals surface area contributed by atoms with Crippen LogP contribution in [0, 0.1) is 0 Å². The summed E-state index contributed by atoms with van der Waals surface area (Å²) >= 11 is 0. The highest BCUT2D eigenvalue weighted by atomic mass is 16.3. The van der Waals surface area contributed by atoms with Crippen LogP contribution in [-0.2, 0) is 0 Å². The monoisotopic (exact) mass is 242 g/mol. The average molecular weight is 242 g/mol. The first kappa shape index (κ1) is 14.9. The van der Waals surface area contributed by atoms with Gasteiger partial charge in [0, 0.05) is 18.6 Å². The van der Waals surface area contributed by atoms with Crippen LogP contribution in [0.4, 0.5) is 0 Å². The van der Waals surface area contributed by atoms with E-state index in [1.165, 1.54) is 32.2 Å². The molecule has 0 aliphatic carbocycles. The van der Waals surface area contributed by atoms with Gasteiger partial charge in [-0.3, -0.25) is 4.90 Å². The Morgan fingerprint density at radius 3 is 2.76 bits per heavy atom. The number of nitrogens with one attached hydrogen (secondary N) is 1. The molecule has 0 amide bonds. The van der Waals surface area contributed by atoms with Crippen molar-refractivity contribution < 1.29 is 5.11 Å². The molecule has 17 heavy (non-hydrogen) atoms. The number of likely N-dealkylation sites (tertiary alicyclic amines) is 1. The van der Waals surface area contributed by atoms with Crippen molar-refractivity contribution in [3.8, 4) is 0 Å². The van der Waals surface area contributed by atoms with Crippen molar-refractivity contribution in [2.24, 2.45) is 0 Å². The summed E-state index contributed by atoms with van der Waals surface area (Å²) in [6, 6.07) is 1.23. The molecule has 3 heteroatoms. The highest BCUT2D eigenvalue weighted by Gasteiger charge is 2.26. The second-order valence-electron chi connectivity index (χ2n) is 5.48. The topological polar surface area (TPSA) is 35.5 Å². The van der Waals surface area contributed by atoms with Gasteiger partial charge in [-0.15, -0.1) is 0 Å². The van der Waals surface area contributed by atoms with Gasteiger partial charge in [-0.25, -0.2) is 0 Å². The Kier molecular flexibility index (Phi) is 7.09. The number of aliphatic hydroxyl groups is 1. The summed E-state index contributed by atoms with van der Waals surface area (Å²) in [5.74, 6) is 0. The van der Waals surface area contributed by atoms with Crippen molar-refractivity contribution in [3.63, 3.8) is 0 Å². The molecule has 1 heterocycles. The molecule has 2 N–H and O–H groups in total. The van der Waals surface area contributed by atoms with Crippen molar-refractivity contribution in [1.82, 2.24) is 10.2 Å². The predicted octanol–water partition coefficient (Wildman–Crippen LogP) is 2.00. The van der Waals surface area contributed by atoms with Gasteiger partial charge in [-0.1, -0.05) is 13.3 Å². The first-order chi connectivity index (χ1) is 8.15. The summed E-state index contributed by atoms with van der Waals surface area (Å²) in [5.41, 5.74) is 0. The maximum atomic E-state index is 9.41. The van der Waals surface area contributed by atoms with Gasteiger partial charge < -0.3 is 10.4 Å². The molecule has 1 rings (SSSR count). The zero-order valence-electron chi connectivity index (χ0n) is 11.8. The molecule has 3 nitrogen and oxygen atoms in total. The molecule has 1 fully saturated rings. The van der Waals surface area contributed by atoms with Crippen LogP contribution in [0.5, 0.6) is 0 Å². The van der Waals surface area contributed by atoms with Crippen LogP contribution >= 0.6 is 0 Å². The van der Waals surface area contributed by atoms with Crippen LogP contribution in [0.2, 0.25) is 0 Å². The molecule has 0 saturated carbocycles. The lowest BCUT2D eigenvalue weighted by atomic mass is 9.96. The Labute approximate surface area is 107 Å². The fraction of sp³-hybridized carbons (Fsp3) is 1.00. The van der Waals surface area contributed by atoms with E-state index in [9.17, 15) is 5.11 Å². The number of piperidine rings is 1. The molecular weight excluding hydrogens is 212 g/mol. The highest BCUT2D eigenvalue weighted by Crippen LogP contribution is 2.20. The lowest BCUT2D eigenvalue weighted by Gasteiger charge is -2.40. The number of hydrogen-bond donors (Lipinski definition) is 2. The molecule has 3 atom stereocenters. The Hall–Kier alpha value is -0.120. The molecule has 1 saturated heterocycles. The number of rotatable bonds is 7. The minimum absolute atomic E-state index is 0.170. The fourth-order valence-corrected chi connectivity index (χ4v) is 2.72. The molecule has 0 radical (unpaired) electrons. The lowest BCUT2D eigenvalue weighted by molar-refractivity contribution is 0.0928. The number of aliphatic hydroxyl groups excluding tert-OH is 1. The molecule has 1 aliphatic heterocycles. The van der Waals surface area contributed by atoms with Gasteiger partial charge in [0.25, 0.3) is 0 Å². The SMILES string of the molecule is CCCNC(C)C1CCCCN1CCC(C)O. The van der Waals surface area contributed by atoms with Crippen molar-refractivity contribution in [3.05, 3.63) is 0 Å². The van der Waals surface area contributed by atoms with Crippen LogP contribution in [-0.4, -0.2) is 47.8 Å². The molecule has 102 valence electrons. The van der Waals surface area contributed by atoms with E-state index in [-0.39, 0.29) is 6.10 Å². The second-order valence-corrected chi connectivity index (χ2v) is 5.48. The van der Waals surface area contributed by atoms with E-state index >= 15 is 0 Å². The van der Waals surface area contributed by atoms with E-state index in [1.807, 2.05) is 6.92 Å². The summed E-state index contributed by atoms with van der Waals surface area (Å²) in [6.07, 6.45) is 5.90. The minimum Gasteiger partial charge on any atom is -0.393 e. The van der Waals surface area contributed by atoms with E-state index in [4.69, 9.17) is 0 Å². The second kappa shape index (κ2) is 8.06. The fourth-order valence-electron chi connectivity index (χ4n) is 2.72. The number of hydrogen-bond acceptors (Lipinski definition) is 3. The van der Waals surface area contributed by atoms with Gasteiger partial charge in [0.1, 0.15) is 0 Å². The van der Waals surface area contributed by atoms with Gasteiger partial charge in [0.2, 0.25) is 0 Å². The third-order valence-corrected chi connectivity index (χ3v) is 3.79. The van der Waals surface area contributed by atoms with Gasteiger partial charge in [0.15, 0.2) is 0 Å². The Balaban J connectivity index is 2.41. The van der Waals surface area contributed by atoms with E-state index < -0.39 is 0 Å². The van der Waals surface area contributed by atoms with Gasteiger partial charge in [-0.05, 0) is 52.6 Å². The molecule has 0 aromatic heterocycles. The first-order valence-electron chi connectivity index (χ1n) is 7.30. The molecule has 3 unspecified atom stereocenters. The quantitative estimate of drug-likeness (QED) is 0.717. The van der Waals surface area contributed by atoms with Gasteiger partial charge in [0.05, 0.1) is 6.10 Å². The van der Waals surface area contributed by atoms with E-state index in [0.29, 0.717) is 12.1 Å². The summed E-state index contributed by atoms with van der Waals surface area (Å²) in [5, 5.41) is 13.0. The predicted molar refractivity (Wildman–Crippen MR) is 73.3 cm³/mol. The van der Waals surface area contributed by atoms with Crippen LogP contribution in [0.25, 0.3) is 0 Å². The van der Waals surface area contributed by atoms with Crippen molar-refractivity contribution in [1.29, 1.82) is 0 Å². The molecule has 0 spiro atoms. The van der Waals surface area contributed by atoms with E-state index in [1.54, 1.807) is 0 Å². The Morgan fingerprint density at radius 2 is 2.12 bits per heavy atom. The largest absolute Gasteiger partial charge is 0.393 e. The molecule has 0 bridgehead atoms. The Morgan fingerprint density at radius 1 is 1.35 bits per heavy atom. The molecule has 1 aliphatic rings. The summed E-state index contributed by atoms with van der Waals surface area (Å²) < 4.78 is 0. The maximum Gasteiger partial charge on any atom is 0.0524 e. The van der Waals surface area contributed by atoms with Crippen LogP contribution < -0.4 is 5.32 Å². The van der Waals surface area contributed by atoms with Crippen LogP contribution in [0.3, 0.4) is 0 Å². The molecule has 0 aromatic carbocycles. The lowest BCUT2D eigenvalue weighted by Crippen LogP contribution is -2.51. The van der Waals surface area contributed by atoms with Crippen molar-refractivity contribution >= 4 is 0 Å². The summed E-state index contributed by atoms with van der Waals surface area (Å²) in [7, 11) is 0. The van der Waals surface area contributed by atoms with Gasteiger partial charge in [-0.2, -0.15) is 0 Å². The third kappa shape index (κ3) is 5.36. The summed E-state index contributed by atoms with van der Waals surface area (Å²) in [4.78, 5) is 2.57. The third-order valence-electron chi connectivity index (χ3n) is 3.79. The Bertz CT molecular complexity index is 197. The van der Waals surface area contributed by atoms with Crippen molar-refractivity contribution in [2.75, 3.05) is 19.6 Å².